The van der Waals surface area contributed by atoms with Crippen LogP contribution in [0, 0.1) is 13.8 Å². The second-order valence-electron chi connectivity index (χ2n) is 7.26. The van der Waals surface area contributed by atoms with E-state index in [1.54, 1.807) is 12.4 Å². The van der Waals surface area contributed by atoms with Gasteiger partial charge in [-0.3, -0.25) is 9.88 Å². The van der Waals surface area contributed by atoms with Crippen LogP contribution >= 0.6 is 0 Å². The molecule has 5 rings (SSSR count). The molecule has 1 atom stereocenters. The van der Waals surface area contributed by atoms with Gasteiger partial charge in [0.15, 0.2) is 5.65 Å². The normalized spacial score (nSPS) is 17.6. The van der Waals surface area contributed by atoms with Gasteiger partial charge in [0, 0.05) is 41.5 Å². The fraction of sp³-hybridized carbons (Fsp3) is 0.350. The van der Waals surface area contributed by atoms with Crippen LogP contribution in [-0.2, 0) is 6.54 Å². The van der Waals surface area contributed by atoms with Gasteiger partial charge in [-0.05, 0) is 51.4 Å². The molecule has 0 bridgehead atoms. The van der Waals surface area contributed by atoms with Crippen LogP contribution in [0.15, 0.2) is 41.3 Å². The molecule has 0 N–H and O–H groups in total. The molecule has 8 heteroatoms. The third-order valence-corrected chi connectivity index (χ3v) is 5.25. The minimum atomic E-state index is 0.115. The van der Waals surface area contributed by atoms with E-state index in [4.69, 9.17) is 9.51 Å². The molecule has 0 saturated carbocycles. The van der Waals surface area contributed by atoms with Crippen LogP contribution in [0.1, 0.15) is 41.7 Å². The molecule has 4 aromatic heterocycles. The average molecular weight is 375 g/mol. The molecular formula is C20H21N7O. The first kappa shape index (κ1) is 17.0. The lowest BCUT2D eigenvalue weighted by atomic mass is 10.2. The Morgan fingerprint density at radius 3 is 2.89 bits per heavy atom. The molecule has 1 fully saturated rings. The number of hydrogen-bond acceptors (Lipinski definition) is 7. The maximum atomic E-state index is 5.62. The van der Waals surface area contributed by atoms with Crippen molar-refractivity contribution in [2.24, 2.45) is 0 Å². The highest BCUT2D eigenvalue weighted by Crippen LogP contribution is 2.33. The fourth-order valence-electron chi connectivity index (χ4n) is 3.93. The molecular weight excluding hydrogens is 354 g/mol. The Kier molecular flexibility index (Phi) is 4.12. The minimum Gasteiger partial charge on any atom is -0.337 e. The van der Waals surface area contributed by atoms with Crippen LogP contribution in [0.4, 0.5) is 0 Å². The summed E-state index contributed by atoms with van der Waals surface area (Å²) in [4.78, 5) is 15.8. The molecule has 142 valence electrons. The van der Waals surface area contributed by atoms with Gasteiger partial charge in [-0.15, -0.1) is 0 Å². The van der Waals surface area contributed by atoms with Gasteiger partial charge in [0.2, 0.25) is 11.7 Å². The van der Waals surface area contributed by atoms with E-state index in [9.17, 15) is 0 Å². The molecule has 5 heterocycles. The van der Waals surface area contributed by atoms with Gasteiger partial charge < -0.3 is 4.52 Å². The maximum Gasteiger partial charge on any atom is 0.244 e. The summed E-state index contributed by atoms with van der Waals surface area (Å²) in [5.74, 6) is 1.27. The van der Waals surface area contributed by atoms with Crippen molar-refractivity contribution in [3.05, 3.63) is 59.6 Å². The topological polar surface area (TPSA) is 85.2 Å². The predicted octanol–water partition coefficient (Wildman–Crippen LogP) is 3.13. The summed E-state index contributed by atoms with van der Waals surface area (Å²) in [5, 5.41) is 8.68. The van der Waals surface area contributed by atoms with E-state index in [0.717, 1.165) is 54.1 Å². The van der Waals surface area contributed by atoms with Crippen LogP contribution < -0.4 is 0 Å². The average Bonchev–Trinajstić information content (AvgIpc) is 3.43. The van der Waals surface area contributed by atoms with Crippen molar-refractivity contribution < 1.29 is 4.52 Å². The Labute approximate surface area is 162 Å². The highest BCUT2D eigenvalue weighted by Gasteiger charge is 2.31. The summed E-state index contributed by atoms with van der Waals surface area (Å²) in [6.07, 6.45) is 7.48. The number of hydrogen-bond donors (Lipinski definition) is 0. The van der Waals surface area contributed by atoms with Crippen molar-refractivity contribution in [2.75, 3.05) is 6.54 Å². The molecule has 1 aliphatic heterocycles. The molecule has 0 spiro atoms. The lowest BCUT2D eigenvalue weighted by molar-refractivity contribution is 0.201. The largest absolute Gasteiger partial charge is 0.337 e. The third kappa shape index (κ3) is 2.95. The smallest absolute Gasteiger partial charge is 0.244 e. The molecule has 1 saturated heterocycles. The Bertz CT molecular complexity index is 1120. The minimum absolute atomic E-state index is 0.115. The van der Waals surface area contributed by atoms with E-state index in [2.05, 4.69) is 32.0 Å². The maximum absolute atomic E-state index is 5.62. The van der Waals surface area contributed by atoms with Crippen LogP contribution in [-0.4, -0.2) is 41.2 Å². The number of rotatable bonds is 4. The zero-order valence-corrected chi connectivity index (χ0v) is 15.9. The van der Waals surface area contributed by atoms with Crippen LogP contribution in [0.5, 0.6) is 0 Å². The number of fused-ring (bicyclic) bond motifs is 1. The second-order valence-corrected chi connectivity index (χ2v) is 7.26. The quantitative estimate of drug-likeness (QED) is 0.542. The standard InChI is InChI=1S/C20H21N7O/c1-13-10-14(2)27-19(23-13)16(11-22-27)12-26-9-3-4-17(26)20-24-18(25-28-20)15-5-7-21-8-6-15/h5-8,10-11,17H,3-4,9,12H2,1-2H3/t17-/m1/s1. The summed E-state index contributed by atoms with van der Waals surface area (Å²) >= 11 is 0. The Balaban J connectivity index is 1.42. The first-order valence-corrected chi connectivity index (χ1v) is 9.48. The van der Waals surface area contributed by atoms with Crippen LogP contribution in [0.3, 0.4) is 0 Å². The molecule has 0 unspecified atom stereocenters. The summed E-state index contributed by atoms with van der Waals surface area (Å²) in [5.41, 5.74) is 5.04. The van der Waals surface area contributed by atoms with Crippen molar-refractivity contribution in [1.82, 2.24) is 34.6 Å². The second kappa shape index (κ2) is 6.79. The molecule has 0 aromatic carbocycles. The highest BCUT2D eigenvalue weighted by molar-refractivity contribution is 5.52. The van der Waals surface area contributed by atoms with E-state index in [1.165, 1.54) is 0 Å². The number of pyridine rings is 1. The van der Waals surface area contributed by atoms with E-state index >= 15 is 0 Å². The first-order valence-electron chi connectivity index (χ1n) is 9.48. The molecule has 4 aromatic rings. The van der Waals surface area contributed by atoms with Gasteiger partial charge in [0.1, 0.15) is 0 Å². The van der Waals surface area contributed by atoms with Crippen molar-refractivity contribution in [3.8, 4) is 11.4 Å². The summed E-state index contributed by atoms with van der Waals surface area (Å²) in [7, 11) is 0. The van der Waals surface area contributed by atoms with Gasteiger partial charge in [-0.1, -0.05) is 5.16 Å². The number of aryl methyl sites for hydroxylation is 2. The van der Waals surface area contributed by atoms with Crippen LogP contribution in [0.25, 0.3) is 17.0 Å². The first-order chi connectivity index (χ1) is 13.7. The number of aromatic nitrogens is 6. The van der Waals surface area contributed by atoms with Crippen molar-refractivity contribution in [2.45, 2.75) is 39.3 Å². The number of nitrogens with zero attached hydrogens (tertiary/aromatic N) is 7. The zero-order chi connectivity index (χ0) is 19.1. The van der Waals surface area contributed by atoms with Crippen LogP contribution in [0.2, 0.25) is 0 Å². The Morgan fingerprint density at radius 2 is 2.04 bits per heavy atom. The number of likely N-dealkylation sites (tertiary alicyclic amines) is 1. The zero-order valence-electron chi connectivity index (χ0n) is 15.9. The molecule has 0 amide bonds. The van der Waals surface area contributed by atoms with Gasteiger partial charge >= 0.3 is 0 Å². The monoisotopic (exact) mass is 375 g/mol. The third-order valence-electron chi connectivity index (χ3n) is 5.25. The summed E-state index contributed by atoms with van der Waals surface area (Å²) in [6, 6.07) is 5.93. The van der Waals surface area contributed by atoms with Crippen molar-refractivity contribution in [1.29, 1.82) is 0 Å². The molecule has 1 aliphatic rings. The van der Waals surface area contributed by atoms with E-state index < -0.39 is 0 Å². The van der Waals surface area contributed by atoms with Gasteiger partial charge in [0.25, 0.3) is 0 Å². The summed E-state index contributed by atoms with van der Waals surface area (Å²) in [6.45, 7) is 5.81. The van der Waals surface area contributed by atoms with Gasteiger partial charge in [0.05, 0.1) is 12.2 Å². The molecule has 8 nitrogen and oxygen atoms in total. The van der Waals surface area contributed by atoms with E-state index in [1.807, 2.05) is 35.8 Å². The molecule has 0 radical (unpaired) electrons. The van der Waals surface area contributed by atoms with Gasteiger partial charge in [-0.2, -0.15) is 10.1 Å². The molecule has 28 heavy (non-hydrogen) atoms. The fourth-order valence-corrected chi connectivity index (χ4v) is 3.93. The SMILES string of the molecule is Cc1cc(C)n2ncc(CN3CCC[C@@H]3c3nc(-c4ccncc4)no3)c2n1. The van der Waals surface area contributed by atoms with Gasteiger partial charge in [-0.25, -0.2) is 9.50 Å². The lowest BCUT2D eigenvalue weighted by Crippen LogP contribution is -2.23. The van der Waals surface area contributed by atoms with Crippen molar-refractivity contribution in [3.63, 3.8) is 0 Å². The Hall–Kier alpha value is -3.13. The molecule has 0 aliphatic carbocycles. The Morgan fingerprint density at radius 1 is 1.18 bits per heavy atom. The van der Waals surface area contributed by atoms with E-state index in [0.29, 0.717) is 11.7 Å². The van der Waals surface area contributed by atoms with Crippen molar-refractivity contribution >= 4 is 5.65 Å². The van der Waals surface area contributed by atoms with E-state index in [-0.39, 0.29) is 6.04 Å². The predicted molar refractivity (Wildman–Crippen MR) is 102 cm³/mol. The lowest BCUT2D eigenvalue weighted by Gasteiger charge is -2.20. The highest BCUT2D eigenvalue weighted by atomic mass is 16.5. The summed E-state index contributed by atoms with van der Waals surface area (Å²) < 4.78 is 7.52.